The zero-order valence-corrected chi connectivity index (χ0v) is 10.7. The van der Waals surface area contributed by atoms with Gasteiger partial charge in [-0.25, -0.2) is 9.97 Å². The van der Waals surface area contributed by atoms with Crippen LogP contribution in [-0.4, -0.2) is 24.2 Å². The molecule has 0 saturated heterocycles. The summed E-state index contributed by atoms with van der Waals surface area (Å²) in [5.74, 6) is 1.54. The summed E-state index contributed by atoms with van der Waals surface area (Å²) in [5, 5.41) is 0.313. The van der Waals surface area contributed by atoms with Crippen molar-refractivity contribution in [3.8, 4) is 22.8 Å². The number of methoxy groups -OCH3 is 2. The summed E-state index contributed by atoms with van der Waals surface area (Å²) >= 11 is 6.09. The fourth-order valence-corrected chi connectivity index (χ4v) is 1.74. The van der Waals surface area contributed by atoms with Gasteiger partial charge in [0.05, 0.1) is 19.9 Å². The molecule has 0 saturated carbocycles. The summed E-state index contributed by atoms with van der Waals surface area (Å²) < 4.78 is 10.4. The zero-order chi connectivity index (χ0) is 13.1. The lowest BCUT2D eigenvalue weighted by Crippen LogP contribution is -1.96. The Balaban J connectivity index is 2.59. The van der Waals surface area contributed by atoms with E-state index in [0.717, 1.165) is 5.56 Å². The number of halogens is 1. The van der Waals surface area contributed by atoms with Crippen LogP contribution in [-0.2, 0) is 0 Å². The highest BCUT2D eigenvalue weighted by molar-refractivity contribution is 6.35. The molecule has 0 radical (unpaired) electrons. The van der Waals surface area contributed by atoms with Gasteiger partial charge in [-0.15, -0.1) is 0 Å². The maximum Gasteiger partial charge on any atom is 0.146 e. The maximum atomic E-state index is 6.09. The molecule has 18 heavy (non-hydrogen) atoms. The number of nitrogens with two attached hydrogens (primary N) is 1. The fraction of sp³-hybridized carbons (Fsp3) is 0.167. The first kappa shape index (κ1) is 12.4. The van der Waals surface area contributed by atoms with Crippen molar-refractivity contribution in [3.05, 3.63) is 29.5 Å². The van der Waals surface area contributed by atoms with E-state index in [0.29, 0.717) is 22.2 Å². The van der Waals surface area contributed by atoms with E-state index in [9.17, 15) is 0 Å². The van der Waals surface area contributed by atoms with Gasteiger partial charge >= 0.3 is 0 Å². The quantitative estimate of drug-likeness (QED) is 0.923. The smallest absolute Gasteiger partial charge is 0.146 e. The van der Waals surface area contributed by atoms with Crippen LogP contribution >= 0.6 is 11.6 Å². The zero-order valence-electron chi connectivity index (χ0n) is 9.98. The van der Waals surface area contributed by atoms with Gasteiger partial charge < -0.3 is 15.2 Å². The number of ether oxygens (including phenoxy) is 2. The SMILES string of the molecule is COc1cc(OC)cc(-c2ncnc(N)c2Cl)c1. The molecule has 0 aliphatic rings. The molecule has 1 aromatic heterocycles. The normalized spacial score (nSPS) is 10.2. The molecule has 5 nitrogen and oxygen atoms in total. The minimum atomic E-state index is 0.239. The second kappa shape index (κ2) is 5.10. The second-order valence-corrected chi connectivity index (χ2v) is 3.90. The molecule has 2 rings (SSSR count). The van der Waals surface area contributed by atoms with Gasteiger partial charge in [-0.1, -0.05) is 11.6 Å². The van der Waals surface area contributed by atoms with Crippen molar-refractivity contribution in [1.82, 2.24) is 9.97 Å². The summed E-state index contributed by atoms with van der Waals surface area (Å²) in [6, 6.07) is 5.37. The highest BCUT2D eigenvalue weighted by atomic mass is 35.5. The summed E-state index contributed by atoms with van der Waals surface area (Å²) in [6.45, 7) is 0. The van der Waals surface area contributed by atoms with Crippen LogP contribution in [0.5, 0.6) is 11.5 Å². The standard InChI is InChI=1S/C12H12ClN3O2/c1-17-8-3-7(4-9(5-8)18-2)11-10(13)12(14)16-6-15-11/h3-6H,1-2H3,(H2,14,15,16). The number of hydrogen-bond acceptors (Lipinski definition) is 5. The molecule has 2 N–H and O–H groups in total. The highest BCUT2D eigenvalue weighted by Gasteiger charge is 2.11. The molecule has 1 heterocycles. The molecular formula is C12H12ClN3O2. The number of hydrogen-bond donors (Lipinski definition) is 1. The third-order valence-electron chi connectivity index (χ3n) is 2.44. The number of anilines is 1. The van der Waals surface area contributed by atoms with Crippen LogP contribution in [0.2, 0.25) is 5.02 Å². The summed E-state index contributed by atoms with van der Waals surface area (Å²) in [7, 11) is 3.16. The van der Waals surface area contributed by atoms with Crippen molar-refractivity contribution >= 4 is 17.4 Å². The van der Waals surface area contributed by atoms with Crippen LogP contribution in [0.15, 0.2) is 24.5 Å². The predicted octanol–water partition coefficient (Wildman–Crippen LogP) is 2.40. The number of nitrogens with zero attached hydrogens (tertiary/aromatic N) is 2. The van der Waals surface area contributed by atoms with Crippen LogP contribution in [0.3, 0.4) is 0 Å². The molecule has 0 aliphatic carbocycles. The Kier molecular flexibility index (Phi) is 3.53. The Bertz CT molecular complexity index is 553. The van der Waals surface area contributed by atoms with E-state index in [1.165, 1.54) is 6.33 Å². The van der Waals surface area contributed by atoms with Gasteiger partial charge in [0.25, 0.3) is 0 Å². The lowest BCUT2D eigenvalue weighted by atomic mass is 10.1. The molecule has 1 aromatic carbocycles. The van der Waals surface area contributed by atoms with E-state index in [2.05, 4.69) is 9.97 Å². The van der Waals surface area contributed by atoms with Gasteiger partial charge in [0, 0.05) is 11.6 Å². The van der Waals surface area contributed by atoms with Crippen LogP contribution in [0.4, 0.5) is 5.82 Å². The Morgan fingerprint density at radius 1 is 1.06 bits per heavy atom. The molecule has 0 atom stereocenters. The van der Waals surface area contributed by atoms with Gasteiger partial charge in [-0.2, -0.15) is 0 Å². The average molecular weight is 266 g/mol. The summed E-state index contributed by atoms with van der Waals surface area (Å²) in [4.78, 5) is 7.95. The largest absolute Gasteiger partial charge is 0.497 e. The highest BCUT2D eigenvalue weighted by Crippen LogP contribution is 2.33. The number of benzene rings is 1. The molecule has 0 aliphatic heterocycles. The molecular weight excluding hydrogens is 254 g/mol. The Morgan fingerprint density at radius 2 is 1.67 bits per heavy atom. The first-order valence-corrected chi connectivity index (χ1v) is 5.53. The van der Waals surface area contributed by atoms with Crippen molar-refractivity contribution in [1.29, 1.82) is 0 Å². The lowest BCUT2D eigenvalue weighted by Gasteiger charge is -2.09. The van der Waals surface area contributed by atoms with E-state index in [-0.39, 0.29) is 5.82 Å². The molecule has 0 spiro atoms. The van der Waals surface area contributed by atoms with Crippen molar-refractivity contribution in [3.63, 3.8) is 0 Å². The number of rotatable bonds is 3. The molecule has 2 aromatic rings. The fourth-order valence-electron chi connectivity index (χ4n) is 1.53. The number of aromatic nitrogens is 2. The molecule has 0 bridgehead atoms. The lowest BCUT2D eigenvalue weighted by molar-refractivity contribution is 0.394. The van der Waals surface area contributed by atoms with E-state index in [4.69, 9.17) is 26.8 Å². The van der Waals surface area contributed by atoms with Gasteiger partial charge in [0.1, 0.15) is 28.7 Å². The van der Waals surface area contributed by atoms with Crippen LogP contribution in [0.1, 0.15) is 0 Å². The Hall–Kier alpha value is -2.01. The van der Waals surface area contributed by atoms with Crippen LogP contribution in [0, 0.1) is 0 Å². The molecule has 94 valence electrons. The molecule has 0 amide bonds. The maximum absolute atomic E-state index is 6.09. The first-order chi connectivity index (χ1) is 8.65. The second-order valence-electron chi connectivity index (χ2n) is 3.52. The Morgan fingerprint density at radius 3 is 2.22 bits per heavy atom. The first-order valence-electron chi connectivity index (χ1n) is 5.15. The average Bonchev–Trinajstić information content (AvgIpc) is 2.41. The van der Waals surface area contributed by atoms with Gasteiger partial charge in [0.2, 0.25) is 0 Å². The van der Waals surface area contributed by atoms with Crippen molar-refractivity contribution < 1.29 is 9.47 Å². The third-order valence-corrected chi connectivity index (χ3v) is 2.81. The van der Waals surface area contributed by atoms with E-state index in [1.54, 1.807) is 32.4 Å². The molecule has 0 unspecified atom stereocenters. The molecule has 6 heteroatoms. The van der Waals surface area contributed by atoms with E-state index in [1.807, 2.05) is 0 Å². The summed E-state index contributed by atoms with van der Waals surface area (Å²) in [6.07, 6.45) is 1.36. The third kappa shape index (κ3) is 2.31. The minimum Gasteiger partial charge on any atom is -0.497 e. The Labute approximate surface area is 110 Å². The van der Waals surface area contributed by atoms with Crippen molar-refractivity contribution in [2.24, 2.45) is 0 Å². The summed E-state index contributed by atoms with van der Waals surface area (Å²) in [5.41, 5.74) is 6.95. The molecule has 0 fully saturated rings. The van der Waals surface area contributed by atoms with Crippen molar-refractivity contribution in [2.45, 2.75) is 0 Å². The topological polar surface area (TPSA) is 70.3 Å². The minimum absolute atomic E-state index is 0.239. The monoisotopic (exact) mass is 265 g/mol. The number of nitrogen functional groups attached to an aromatic ring is 1. The van der Waals surface area contributed by atoms with E-state index < -0.39 is 0 Å². The van der Waals surface area contributed by atoms with Crippen LogP contribution in [0.25, 0.3) is 11.3 Å². The van der Waals surface area contributed by atoms with Crippen molar-refractivity contribution in [2.75, 3.05) is 20.0 Å². The van der Waals surface area contributed by atoms with Gasteiger partial charge in [-0.05, 0) is 12.1 Å². The van der Waals surface area contributed by atoms with E-state index >= 15 is 0 Å². The van der Waals surface area contributed by atoms with Gasteiger partial charge in [-0.3, -0.25) is 0 Å². The predicted molar refractivity (Wildman–Crippen MR) is 70.0 cm³/mol. The van der Waals surface area contributed by atoms with Gasteiger partial charge in [0.15, 0.2) is 0 Å². The van der Waals surface area contributed by atoms with Crippen LogP contribution < -0.4 is 15.2 Å².